The fourth-order valence-electron chi connectivity index (χ4n) is 1.28. The summed E-state index contributed by atoms with van der Waals surface area (Å²) in [7, 11) is 0. The second kappa shape index (κ2) is 4.39. The quantitative estimate of drug-likeness (QED) is 0.499. The number of carboxylic acids is 1. The maximum absolute atomic E-state index is 12.5. The van der Waals surface area contributed by atoms with Gasteiger partial charge in [0.2, 0.25) is 0 Å². The van der Waals surface area contributed by atoms with Crippen molar-refractivity contribution in [3.63, 3.8) is 0 Å². The van der Waals surface area contributed by atoms with E-state index in [1.807, 2.05) is 0 Å². The van der Waals surface area contributed by atoms with Crippen molar-refractivity contribution in [3.05, 3.63) is 29.7 Å². The van der Waals surface area contributed by atoms with E-state index in [-0.39, 0.29) is 18.9 Å². The van der Waals surface area contributed by atoms with E-state index in [0.717, 1.165) is 22.7 Å². The van der Waals surface area contributed by atoms with Gasteiger partial charge in [-0.25, -0.2) is 0 Å². The van der Waals surface area contributed by atoms with Crippen LogP contribution < -0.4 is 24.0 Å². The predicted molar refractivity (Wildman–Crippen MR) is 42.3 cm³/mol. The summed E-state index contributed by atoms with van der Waals surface area (Å²) in [4.78, 5) is 10.5. The van der Waals surface area contributed by atoms with Gasteiger partial charge in [-0.15, -0.1) is 10.2 Å². The molecule has 2 heterocycles. The van der Waals surface area contributed by atoms with Crippen LogP contribution in [0.4, 0.5) is 13.2 Å². The first-order chi connectivity index (χ1) is 7.41. The Morgan fingerprint density at radius 2 is 2.00 bits per heavy atom. The summed E-state index contributed by atoms with van der Waals surface area (Å²) in [5.74, 6) is -2.35. The summed E-state index contributed by atoms with van der Waals surface area (Å²) in [6.45, 7) is 0. The maximum atomic E-state index is 12.5. The topological polar surface area (TPSA) is 70.3 Å². The molecule has 0 fully saturated rings. The number of carbonyl (C=O) groups excluding carboxylic acids is 1. The van der Waals surface area contributed by atoms with E-state index < -0.39 is 29.2 Å². The van der Waals surface area contributed by atoms with Crippen molar-refractivity contribution in [1.82, 2.24) is 14.6 Å². The first-order valence-corrected chi connectivity index (χ1v) is 4.03. The minimum Gasteiger partial charge on any atom is -0.541 e. The molecule has 0 aliphatic rings. The molecule has 2 aromatic heterocycles. The number of hydrogen-bond acceptors (Lipinski definition) is 4. The first kappa shape index (κ1) is 13.5. The predicted octanol–water partition coefficient (Wildman–Crippen LogP) is -2.88. The molecule has 0 bridgehead atoms. The van der Waals surface area contributed by atoms with Crippen LogP contribution in [0.5, 0.6) is 0 Å². The average molecular weight is 237 g/mol. The maximum Gasteiger partial charge on any atom is 1.00 e. The number of aromatic carboxylic acids is 1. The SMILES string of the molecule is O=C([O-])c1nnc2c(C(F)(F)F)cccn12.[Li+]. The second-order valence-corrected chi connectivity index (χ2v) is 2.92. The summed E-state index contributed by atoms with van der Waals surface area (Å²) in [6, 6.07) is 1.86. The standard InChI is InChI=1S/C8H4F3N3O2.Li/c9-8(10,11)4-2-1-3-14-5(4)12-13-6(14)7(15)16;/h1-3H,(H,15,16);/q;+1/p-1. The number of aromatic nitrogens is 3. The van der Waals surface area contributed by atoms with E-state index in [0.29, 0.717) is 0 Å². The number of fused-ring (bicyclic) bond motifs is 1. The summed E-state index contributed by atoms with van der Waals surface area (Å²) in [6.07, 6.45) is -3.49. The van der Waals surface area contributed by atoms with Gasteiger partial charge in [0, 0.05) is 6.20 Å². The Hall–Kier alpha value is -1.52. The Bertz CT molecular complexity index is 567. The normalized spacial score (nSPS) is 11.2. The summed E-state index contributed by atoms with van der Waals surface area (Å²) in [5, 5.41) is 16.8. The first-order valence-electron chi connectivity index (χ1n) is 4.03. The second-order valence-electron chi connectivity index (χ2n) is 2.92. The van der Waals surface area contributed by atoms with Gasteiger partial charge < -0.3 is 9.90 Å². The van der Waals surface area contributed by atoms with Crippen LogP contribution in [0.15, 0.2) is 18.3 Å². The van der Waals surface area contributed by atoms with Crippen LogP contribution >= 0.6 is 0 Å². The molecular formula is C8H3F3LiN3O2. The number of pyridine rings is 1. The van der Waals surface area contributed by atoms with Crippen molar-refractivity contribution < 1.29 is 41.9 Å². The van der Waals surface area contributed by atoms with Gasteiger partial charge in [-0.05, 0) is 12.1 Å². The van der Waals surface area contributed by atoms with Gasteiger partial charge in [-0.3, -0.25) is 4.40 Å². The fraction of sp³-hybridized carbons (Fsp3) is 0.125. The van der Waals surface area contributed by atoms with Crippen molar-refractivity contribution in [3.8, 4) is 0 Å². The van der Waals surface area contributed by atoms with Crippen molar-refractivity contribution in [2.24, 2.45) is 0 Å². The van der Waals surface area contributed by atoms with E-state index >= 15 is 0 Å². The van der Waals surface area contributed by atoms with Crippen LogP contribution in [-0.4, -0.2) is 20.6 Å². The molecule has 2 rings (SSSR count). The Morgan fingerprint density at radius 3 is 2.53 bits per heavy atom. The van der Waals surface area contributed by atoms with Crippen LogP contribution in [0.2, 0.25) is 0 Å². The number of alkyl halides is 3. The minimum absolute atomic E-state index is 0. The molecule has 0 N–H and O–H groups in total. The molecule has 0 atom stereocenters. The van der Waals surface area contributed by atoms with Gasteiger partial charge in [-0.2, -0.15) is 13.2 Å². The third-order valence-electron chi connectivity index (χ3n) is 1.92. The molecule has 17 heavy (non-hydrogen) atoms. The molecule has 5 nitrogen and oxygen atoms in total. The van der Waals surface area contributed by atoms with E-state index in [1.54, 1.807) is 0 Å². The smallest absolute Gasteiger partial charge is 0.541 e. The molecule has 0 aromatic carbocycles. The van der Waals surface area contributed by atoms with Gasteiger partial charge in [0.1, 0.15) is 11.5 Å². The van der Waals surface area contributed by atoms with Gasteiger partial charge in [-0.1, -0.05) is 0 Å². The van der Waals surface area contributed by atoms with Crippen molar-refractivity contribution in [2.45, 2.75) is 6.18 Å². The van der Waals surface area contributed by atoms with Crippen molar-refractivity contribution in [2.75, 3.05) is 0 Å². The molecule has 84 valence electrons. The van der Waals surface area contributed by atoms with Crippen LogP contribution in [-0.2, 0) is 6.18 Å². The van der Waals surface area contributed by atoms with Gasteiger partial charge in [0.15, 0.2) is 11.5 Å². The van der Waals surface area contributed by atoms with Gasteiger partial charge in [0.05, 0.1) is 0 Å². The summed E-state index contributed by atoms with van der Waals surface area (Å²) < 4.78 is 38.2. The van der Waals surface area contributed by atoms with Gasteiger partial charge >= 0.3 is 25.0 Å². The van der Waals surface area contributed by atoms with Crippen LogP contribution in [0, 0.1) is 0 Å². The largest absolute Gasteiger partial charge is 1.00 e. The molecule has 0 saturated heterocycles. The zero-order valence-corrected chi connectivity index (χ0v) is 8.52. The van der Waals surface area contributed by atoms with Gasteiger partial charge in [0.25, 0.3) is 0 Å². The molecule has 0 spiro atoms. The molecule has 9 heteroatoms. The van der Waals surface area contributed by atoms with E-state index in [9.17, 15) is 23.1 Å². The Balaban J connectivity index is 0.00000144. The van der Waals surface area contributed by atoms with Crippen LogP contribution in [0.25, 0.3) is 5.65 Å². The Kier molecular flexibility index (Phi) is 3.50. The molecule has 0 radical (unpaired) electrons. The Labute approximate surface area is 104 Å². The molecule has 0 aliphatic heterocycles. The zero-order valence-electron chi connectivity index (χ0n) is 8.52. The zero-order chi connectivity index (χ0) is 11.9. The van der Waals surface area contributed by atoms with Crippen LogP contribution in [0.1, 0.15) is 16.2 Å². The molecule has 0 amide bonds. The number of nitrogens with zero attached hydrogens (tertiary/aromatic N) is 3. The van der Waals surface area contributed by atoms with E-state index in [1.165, 1.54) is 0 Å². The number of carboxylic acid groups (broad SMARTS) is 1. The molecular weight excluding hydrogens is 234 g/mol. The van der Waals surface area contributed by atoms with Crippen molar-refractivity contribution >= 4 is 11.6 Å². The van der Waals surface area contributed by atoms with E-state index in [4.69, 9.17) is 0 Å². The Morgan fingerprint density at radius 1 is 1.35 bits per heavy atom. The summed E-state index contributed by atoms with van der Waals surface area (Å²) in [5.41, 5.74) is -1.61. The number of hydrogen-bond donors (Lipinski definition) is 0. The third kappa shape index (κ3) is 2.27. The number of halogens is 3. The molecule has 0 aliphatic carbocycles. The number of carbonyl (C=O) groups is 1. The third-order valence-corrected chi connectivity index (χ3v) is 1.92. The van der Waals surface area contributed by atoms with Crippen LogP contribution in [0.3, 0.4) is 0 Å². The number of rotatable bonds is 1. The fourth-order valence-corrected chi connectivity index (χ4v) is 1.28. The monoisotopic (exact) mass is 237 g/mol. The average Bonchev–Trinajstić information content (AvgIpc) is 2.58. The van der Waals surface area contributed by atoms with Crippen molar-refractivity contribution in [1.29, 1.82) is 0 Å². The molecule has 2 aromatic rings. The minimum atomic E-state index is -4.61. The molecule has 0 saturated carbocycles. The molecule has 0 unspecified atom stereocenters. The summed E-state index contributed by atoms with van der Waals surface area (Å²) >= 11 is 0. The van der Waals surface area contributed by atoms with E-state index in [2.05, 4.69) is 10.2 Å².